The summed E-state index contributed by atoms with van der Waals surface area (Å²) in [6.07, 6.45) is 0. The molecule has 0 saturated carbocycles. The van der Waals surface area contributed by atoms with E-state index in [1.807, 2.05) is 26.2 Å². The average molecular weight is 323 g/mol. The molecule has 0 fully saturated rings. The fraction of sp³-hybridized carbons (Fsp3) is 0.500. The highest BCUT2D eigenvalue weighted by atomic mass is 32.1. The van der Waals surface area contributed by atoms with Gasteiger partial charge in [0.15, 0.2) is 0 Å². The Labute approximate surface area is 133 Å². The maximum atomic E-state index is 12.1. The van der Waals surface area contributed by atoms with Crippen molar-refractivity contribution in [3.63, 3.8) is 0 Å². The molecule has 2 N–H and O–H groups in total. The number of rotatable bonds is 5. The first-order valence-electron chi connectivity index (χ1n) is 6.96. The van der Waals surface area contributed by atoms with Crippen molar-refractivity contribution in [2.45, 2.75) is 26.7 Å². The number of nitrogens with one attached hydrogen (secondary N) is 2. The summed E-state index contributed by atoms with van der Waals surface area (Å²) in [5.74, 6) is 0.692. The van der Waals surface area contributed by atoms with Gasteiger partial charge >= 0.3 is 6.03 Å². The topological polar surface area (TPSA) is 81.1 Å². The smallest absolute Gasteiger partial charge is 0.319 e. The number of hydrogen-bond acceptors (Lipinski definition) is 5. The van der Waals surface area contributed by atoms with E-state index in [0.717, 1.165) is 10.7 Å². The molecule has 7 nitrogen and oxygen atoms in total. The number of thiazole rings is 1. The average Bonchev–Trinajstić information content (AvgIpc) is 3.01. The number of anilines is 1. The van der Waals surface area contributed by atoms with Crippen molar-refractivity contribution in [2.75, 3.05) is 19.0 Å². The van der Waals surface area contributed by atoms with E-state index in [4.69, 9.17) is 4.74 Å². The van der Waals surface area contributed by atoms with Gasteiger partial charge in [-0.05, 0) is 13.8 Å². The number of aromatic nitrogens is 3. The van der Waals surface area contributed by atoms with E-state index in [0.29, 0.717) is 23.8 Å². The van der Waals surface area contributed by atoms with E-state index in [2.05, 4.69) is 20.7 Å². The van der Waals surface area contributed by atoms with Crippen LogP contribution in [0.25, 0.3) is 0 Å². The number of methoxy groups -OCH3 is 1. The lowest BCUT2D eigenvalue weighted by Crippen LogP contribution is -2.32. The van der Waals surface area contributed by atoms with Crippen molar-refractivity contribution < 1.29 is 9.53 Å². The van der Waals surface area contributed by atoms with Crippen LogP contribution in [0.3, 0.4) is 0 Å². The van der Waals surface area contributed by atoms with Crippen molar-refractivity contribution in [3.05, 3.63) is 21.8 Å². The molecule has 120 valence electrons. The van der Waals surface area contributed by atoms with Crippen LogP contribution in [-0.2, 0) is 7.05 Å². The van der Waals surface area contributed by atoms with E-state index < -0.39 is 0 Å². The minimum Gasteiger partial charge on any atom is -0.480 e. The van der Waals surface area contributed by atoms with Crippen LogP contribution in [0.4, 0.5) is 10.5 Å². The summed E-state index contributed by atoms with van der Waals surface area (Å²) >= 11 is 1.61. The Morgan fingerprint density at radius 1 is 1.50 bits per heavy atom. The molecule has 0 aliphatic heterocycles. The first-order chi connectivity index (χ1) is 10.4. The molecule has 1 atom stereocenters. The summed E-state index contributed by atoms with van der Waals surface area (Å²) in [6.45, 7) is 6.33. The third-order valence-electron chi connectivity index (χ3n) is 3.23. The molecular weight excluding hydrogens is 302 g/mol. The number of ether oxygens (including phenoxy) is 1. The first-order valence-corrected chi connectivity index (χ1v) is 7.84. The van der Waals surface area contributed by atoms with Gasteiger partial charge < -0.3 is 15.4 Å². The lowest BCUT2D eigenvalue weighted by Gasteiger charge is -2.12. The molecule has 2 amide bonds. The van der Waals surface area contributed by atoms with Crippen LogP contribution in [0.5, 0.6) is 5.88 Å². The predicted molar refractivity (Wildman–Crippen MR) is 86.8 cm³/mol. The standard InChI is InChI=1S/C14H21N5O2S/c1-8(12-16-9(2)7-22-12)6-15-14(20)17-11-10(3)18-19(4)13(11)21-5/h7-8H,6H2,1-5H3,(H2,15,17,20). The maximum Gasteiger partial charge on any atom is 0.319 e. The molecule has 1 unspecified atom stereocenters. The molecule has 2 aromatic heterocycles. The summed E-state index contributed by atoms with van der Waals surface area (Å²) in [5.41, 5.74) is 2.30. The molecule has 0 spiro atoms. The quantitative estimate of drug-likeness (QED) is 0.885. The maximum absolute atomic E-state index is 12.1. The second-order valence-electron chi connectivity index (χ2n) is 5.16. The minimum atomic E-state index is -0.283. The lowest BCUT2D eigenvalue weighted by molar-refractivity contribution is 0.251. The molecule has 0 aliphatic rings. The van der Waals surface area contributed by atoms with E-state index in [1.165, 1.54) is 0 Å². The van der Waals surface area contributed by atoms with E-state index >= 15 is 0 Å². The molecule has 0 saturated heterocycles. The second-order valence-corrected chi connectivity index (χ2v) is 6.05. The van der Waals surface area contributed by atoms with Crippen molar-refractivity contribution >= 4 is 23.1 Å². The van der Waals surface area contributed by atoms with Crippen molar-refractivity contribution in [2.24, 2.45) is 7.05 Å². The number of aryl methyl sites for hydroxylation is 3. The van der Waals surface area contributed by atoms with Gasteiger partial charge in [0.05, 0.1) is 17.8 Å². The van der Waals surface area contributed by atoms with Crippen LogP contribution in [-0.4, -0.2) is 34.5 Å². The highest BCUT2D eigenvalue weighted by Crippen LogP contribution is 2.26. The molecule has 0 aliphatic carbocycles. The Hall–Kier alpha value is -2.09. The molecule has 2 rings (SSSR count). The van der Waals surface area contributed by atoms with Gasteiger partial charge in [-0.3, -0.25) is 0 Å². The molecule has 22 heavy (non-hydrogen) atoms. The molecule has 8 heteroatoms. The Morgan fingerprint density at radius 2 is 2.23 bits per heavy atom. The Morgan fingerprint density at radius 3 is 2.82 bits per heavy atom. The number of nitrogens with zero attached hydrogens (tertiary/aromatic N) is 3. The summed E-state index contributed by atoms with van der Waals surface area (Å²) < 4.78 is 6.83. The fourth-order valence-electron chi connectivity index (χ4n) is 2.10. The monoisotopic (exact) mass is 323 g/mol. The Bertz CT molecular complexity index is 664. The van der Waals surface area contributed by atoms with Gasteiger partial charge in [-0.15, -0.1) is 11.3 Å². The van der Waals surface area contributed by atoms with Crippen LogP contribution in [0.2, 0.25) is 0 Å². The summed E-state index contributed by atoms with van der Waals surface area (Å²) in [7, 11) is 3.31. The largest absolute Gasteiger partial charge is 0.480 e. The number of carbonyl (C=O) groups excluding carboxylic acids is 1. The summed E-state index contributed by atoms with van der Waals surface area (Å²) in [4.78, 5) is 16.5. The van der Waals surface area contributed by atoms with Gasteiger partial charge in [0, 0.05) is 30.6 Å². The highest BCUT2D eigenvalue weighted by Gasteiger charge is 2.17. The number of carbonyl (C=O) groups is 1. The number of hydrogen-bond donors (Lipinski definition) is 2. The van der Waals surface area contributed by atoms with Gasteiger partial charge in [0.2, 0.25) is 5.88 Å². The van der Waals surface area contributed by atoms with Crippen molar-refractivity contribution in [3.8, 4) is 5.88 Å². The third-order valence-corrected chi connectivity index (χ3v) is 4.42. The zero-order chi connectivity index (χ0) is 16.3. The molecule has 0 aromatic carbocycles. The van der Waals surface area contributed by atoms with Gasteiger partial charge in [0.25, 0.3) is 0 Å². The first kappa shape index (κ1) is 16.3. The predicted octanol–water partition coefficient (Wildman–Crippen LogP) is 2.43. The zero-order valence-corrected chi connectivity index (χ0v) is 14.2. The number of amides is 2. The highest BCUT2D eigenvalue weighted by molar-refractivity contribution is 7.09. The van der Waals surface area contributed by atoms with Crippen LogP contribution in [0.15, 0.2) is 5.38 Å². The second kappa shape index (κ2) is 6.78. The fourth-order valence-corrected chi connectivity index (χ4v) is 2.96. The lowest BCUT2D eigenvalue weighted by atomic mass is 10.2. The third kappa shape index (κ3) is 3.56. The van der Waals surface area contributed by atoms with E-state index in [1.54, 1.807) is 30.2 Å². The van der Waals surface area contributed by atoms with E-state index in [9.17, 15) is 4.79 Å². The van der Waals surface area contributed by atoms with Crippen LogP contribution in [0.1, 0.15) is 29.2 Å². The molecule has 2 aromatic rings. The van der Waals surface area contributed by atoms with Crippen molar-refractivity contribution in [1.29, 1.82) is 0 Å². The van der Waals surface area contributed by atoms with Gasteiger partial charge in [0.1, 0.15) is 5.69 Å². The molecular formula is C14H21N5O2S. The molecule has 0 bridgehead atoms. The molecule has 2 heterocycles. The summed E-state index contributed by atoms with van der Waals surface area (Å²) in [6, 6.07) is -0.283. The van der Waals surface area contributed by atoms with Gasteiger partial charge in [-0.25, -0.2) is 14.5 Å². The number of urea groups is 1. The van der Waals surface area contributed by atoms with Crippen molar-refractivity contribution in [1.82, 2.24) is 20.1 Å². The van der Waals surface area contributed by atoms with Crippen LogP contribution in [0, 0.1) is 13.8 Å². The van der Waals surface area contributed by atoms with Gasteiger partial charge in [-0.1, -0.05) is 6.92 Å². The van der Waals surface area contributed by atoms with Gasteiger partial charge in [-0.2, -0.15) is 5.10 Å². The summed E-state index contributed by atoms with van der Waals surface area (Å²) in [5, 5.41) is 12.9. The van der Waals surface area contributed by atoms with Crippen LogP contribution >= 0.6 is 11.3 Å². The Kier molecular flexibility index (Phi) is 5.02. The Balaban J connectivity index is 1.93. The zero-order valence-electron chi connectivity index (χ0n) is 13.4. The SMILES string of the molecule is COc1c(NC(=O)NCC(C)c2nc(C)cs2)c(C)nn1C. The normalized spacial score (nSPS) is 12.0. The van der Waals surface area contributed by atoms with Crippen LogP contribution < -0.4 is 15.4 Å². The van der Waals surface area contributed by atoms with E-state index in [-0.39, 0.29) is 11.9 Å². The molecule has 0 radical (unpaired) electrons. The minimum absolute atomic E-state index is 0.168.